The second kappa shape index (κ2) is 5.10. The third-order valence-corrected chi connectivity index (χ3v) is 2.82. The molecule has 0 saturated heterocycles. The first kappa shape index (κ1) is 11.1. The van der Waals surface area contributed by atoms with Gasteiger partial charge in [-0.3, -0.25) is 0 Å². The van der Waals surface area contributed by atoms with E-state index in [1.165, 1.54) is 0 Å². The van der Waals surface area contributed by atoms with Crippen molar-refractivity contribution in [3.05, 3.63) is 48.0 Å². The van der Waals surface area contributed by atoms with Gasteiger partial charge >= 0.3 is 0 Å². The van der Waals surface area contributed by atoms with Crippen molar-refractivity contribution in [1.82, 2.24) is 0 Å². The zero-order chi connectivity index (χ0) is 11.4. The van der Waals surface area contributed by atoms with Gasteiger partial charge in [0.05, 0.1) is 6.10 Å². The van der Waals surface area contributed by atoms with E-state index in [0.29, 0.717) is 12.8 Å². The van der Waals surface area contributed by atoms with E-state index in [-0.39, 0.29) is 6.61 Å². The third kappa shape index (κ3) is 2.23. The number of hydrogen-bond acceptors (Lipinski definition) is 2. The summed E-state index contributed by atoms with van der Waals surface area (Å²) < 4.78 is 0. The fourth-order valence-electron chi connectivity index (χ4n) is 1.98. The highest BCUT2D eigenvalue weighted by molar-refractivity contribution is 5.85. The molecule has 0 fully saturated rings. The molecule has 0 radical (unpaired) electrons. The zero-order valence-electron chi connectivity index (χ0n) is 9.13. The van der Waals surface area contributed by atoms with Crippen molar-refractivity contribution >= 4 is 10.8 Å². The van der Waals surface area contributed by atoms with E-state index in [4.69, 9.17) is 5.11 Å². The predicted octanol–water partition coefficient (Wildman–Crippen LogP) is 2.65. The summed E-state index contributed by atoms with van der Waals surface area (Å²) in [6.45, 7) is 0.127. The molecule has 2 rings (SSSR count). The smallest absolute Gasteiger partial charge is 0.0796 e. The van der Waals surface area contributed by atoms with Crippen molar-refractivity contribution in [3.63, 3.8) is 0 Å². The van der Waals surface area contributed by atoms with E-state index in [0.717, 1.165) is 16.3 Å². The summed E-state index contributed by atoms with van der Waals surface area (Å²) in [6, 6.07) is 14.0. The molecule has 2 aromatic rings. The maximum absolute atomic E-state index is 10.0. The molecule has 0 aliphatic heterocycles. The summed E-state index contributed by atoms with van der Waals surface area (Å²) in [5.41, 5.74) is 0.951. The lowest BCUT2D eigenvalue weighted by molar-refractivity contribution is 0.153. The molecular formula is C14H16O2. The van der Waals surface area contributed by atoms with Gasteiger partial charge < -0.3 is 10.2 Å². The van der Waals surface area contributed by atoms with Crippen LogP contribution in [0, 0.1) is 0 Å². The van der Waals surface area contributed by atoms with Crippen LogP contribution in [0.25, 0.3) is 10.8 Å². The lowest BCUT2D eigenvalue weighted by Gasteiger charge is -2.13. The van der Waals surface area contributed by atoms with Gasteiger partial charge in [0.25, 0.3) is 0 Å². The van der Waals surface area contributed by atoms with Crippen molar-refractivity contribution in [1.29, 1.82) is 0 Å². The van der Waals surface area contributed by atoms with Crippen LogP contribution in [0.3, 0.4) is 0 Å². The van der Waals surface area contributed by atoms with Crippen LogP contribution in [0.2, 0.25) is 0 Å². The van der Waals surface area contributed by atoms with E-state index in [9.17, 15) is 5.11 Å². The molecule has 0 bridgehead atoms. The minimum Gasteiger partial charge on any atom is -0.396 e. The maximum Gasteiger partial charge on any atom is 0.0796 e. The summed E-state index contributed by atoms with van der Waals surface area (Å²) >= 11 is 0. The first-order chi connectivity index (χ1) is 7.83. The highest BCUT2D eigenvalue weighted by Gasteiger charge is 2.09. The number of hydrogen-bond donors (Lipinski definition) is 2. The van der Waals surface area contributed by atoms with E-state index < -0.39 is 6.10 Å². The maximum atomic E-state index is 10.0. The van der Waals surface area contributed by atoms with Crippen LogP contribution in [-0.2, 0) is 0 Å². The number of fused-ring (bicyclic) bond motifs is 1. The third-order valence-electron chi connectivity index (χ3n) is 2.82. The first-order valence-electron chi connectivity index (χ1n) is 5.59. The minimum absolute atomic E-state index is 0.127. The molecule has 1 atom stereocenters. The van der Waals surface area contributed by atoms with Crippen molar-refractivity contribution in [3.8, 4) is 0 Å². The van der Waals surface area contributed by atoms with Crippen molar-refractivity contribution in [2.75, 3.05) is 6.61 Å². The predicted molar refractivity (Wildman–Crippen MR) is 65.2 cm³/mol. The minimum atomic E-state index is -0.488. The zero-order valence-corrected chi connectivity index (χ0v) is 9.13. The Bertz CT molecular complexity index is 460. The number of aliphatic hydroxyl groups is 2. The molecule has 2 nitrogen and oxygen atoms in total. The average Bonchev–Trinajstić information content (AvgIpc) is 2.35. The second-order valence-corrected chi connectivity index (χ2v) is 3.95. The molecule has 0 saturated carbocycles. The second-order valence-electron chi connectivity index (χ2n) is 3.95. The van der Waals surface area contributed by atoms with Gasteiger partial charge in [0.1, 0.15) is 0 Å². The van der Waals surface area contributed by atoms with Crippen molar-refractivity contribution in [2.24, 2.45) is 0 Å². The summed E-state index contributed by atoms with van der Waals surface area (Å²) in [5, 5.41) is 21.0. The van der Waals surface area contributed by atoms with Gasteiger partial charge in [-0.2, -0.15) is 0 Å². The fourth-order valence-corrected chi connectivity index (χ4v) is 1.98. The molecule has 0 spiro atoms. The molecule has 2 N–H and O–H groups in total. The van der Waals surface area contributed by atoms with Gasteiger partial charge in [0.2, 0.25) is 0 Å². The van der Waals surface area contributed by atoms with E-state index >= 15 is 0 Å². The number of rotatable bonds is 4. The molecule has 1 unspecified atom stereocenters. The Morgan fingerprint density at radius 2 is 1.75 bits per heavy atom. The van der Waals surface area contributed by atoms with Crippen LogP contribution >= 0.6 is 0 Å². The quantitative estimate of drug-likeness (QED) is 0.824. The summed E-state index contributed by atoms with van der Waals surface area (Å²) in [6.07, 6.45) is 0.743. The fraction of sp³-hybridized carbons (Fsp3) is 0.286. The summed E-state index contributed by atoms with van der Waals surface area (Å²) in [5.74, 6) is 0. The molecule has 16 heavy (non-hydrogen) atoms. The van der Waals surface area contributed by atoms with Crippen molar-refractivity contribution < 1.29 is 10.2 Å². The number of benzene rings is 2. The van der Waals surface area contributed by atoms with E-state index in [1.807, 2.05) is 42.5 Å². The molecule has 0 heterocycles. The SMILES string of the molecule is OCCCC(O)c1cccc2ccccc12. The van der Waals surface area contributed by atoms with E-state index in [2.05, 4.69) is 0 Å². The molecule has 84 valence electrons. The number of aliphatic hydroxyl groups excluding tert-OH is 2. The molecule has 0 amide bonds. The van der Waals surface area contributed by atoms with Gasteiger partial charge in [0.15, 0.2) is 0 Å². The summed E-state index contributed by atoms with van der Waals surface area (Å²) in [7, 11) is 0. The Morgan fingerprint density at radius 1 is 1.00 bits per heavy atom. The van der Waals surface area contributed by atoms with Crippen LogP contribution in [0.15, 0.2) is 42.5 Å². The van der Waals surface area contributed by atoms with Gasteiger partial charge in [0, 0.05) is 6.61 Å². The van der Waals surface area contributed by atoms with Gasteiger partial charge in [-0.25, -0.2) is 0 Å². The molecule has 0 aliphatic rings. The molecule has 0 aliphatic carbocycles. The Balaban J connectivity index is 2.36. The standard InChI is InChI=1S/C14H16O2/c15-10-4-9-14(16)13-8-3-6-11-5-1-2-7-12(11)13/h1-3,5-8,14-16H,4,9-10H2. The average molecular weight is 216 g/mol. The van der Waals surface area contributed by atoms with Gasteiger partial charge in [-0.1, -0.05) is 42.5 Å². The Kier molecular flexibility index (Phi) is 3.54. The van der Waals surface area contributed by atoms with Crippen LogP contribution in [0.1, 0.15) is 24.5 Å². The topological polar surface area (TPSA) is 40.5 Å². The van der Waals surface area contributed by atoms with Crippen LogP contribution in [0.5, 0.6) is 0 Å². The Labute approximate surface area is 95.2 Å². The van der Waals surface area contributed by atoms with Crippen LogP contribution < -0.4 is 0 Å². The molecular weight excluding hydrogens is 200 g/mol. The van der Waals surface area contributed by atoms with Crippen molar-refractivity contribution in [2.45, 2.75) is 18.9 Å². The first-order valence-corrected chi connectivity index (χ1v) is 5.59. The summed E-state index contributed by atoms with van der Waals surface area (Å²) in [4.78, 5) is 0. The molecule has 2 aromatic carbocycles. The highest BCUT2D eigenvalue weighted by Crippen LogP contribution is 2.26. The van der Waals surface area contributed by atoms with E-state index in [1.54, 1.807) is 0 Å². The van der Waals surface area contributed by atoms with Gasteiger partial charge in [-0.05, 0) is 29.2 Å². The monoisotopic (exact) mass is 216 g/mol. The van der Waals surface area contributed by atoms with Crippen LogP contribution in [0.4, 0.5) is 0 Å². The highest BCUT2D eigenvalue weighted by atomic mass is 16.3. The van der Waals surface area contributed by atoms with Gasteiger partial charge in [-0.15, -0.1) is 0 Å². The molecule has 2 heteroatoms. The van der Waals surface area contributed by atoms with Crippen LogP contribution in [-0.4, -0.2) is 16.8 Å². The Hall–Kier alpha value is -1.38. The normalized spacial score (nSPS) is 12.9. The largest absolute Gasteiger partial charge is 0.396 e. The lowest BCUT2D eigenvalue weighted by Crippen LogP contribution is -1.99. The molecule has 0 aromatic heterocycles. The lowest BCUT2D eigenvalue weighted by atomic mass is 9.98. The Morgan fingerprint density at radius 3 is 2.56 bits per heavy atom.